The molecule has 124 valence electrons. The molecule has 1 saturated heterocycles. The fraction of sp³-hybridized carbons (Fsp3) is 0.222. The fourth-order valence-corrected chi connectivity index (χ4v) is 3.38. The number of aryl methyl sites for hydroxylation is 1. The highest BCUT2D eigenvalue weighted by molar-refractivity contribution is 6.35. The van der Waals surface area contributed by atoms with Gasteiger partial charge in [0.25, 0.3) is 0 Å². The molecule has 3 rings (SSSR count). The number of nitrogens with one attached hydrogen (secondary N) is 1. The highest BCUT2D eigenvalue weighted by atomic mass is 35.5. The summed E-state index contributed by atoms with van der Waals surface area (Å²) in [7, 11) is 0. The van der Waals surface area contributed by atoms with Crippen molar-refractivity contribution in [2.24, 2.45) is 5.92 Å². The van der Waals surface area contributed by atoms with Crippen LogP contribution in [0.25, 0.3) is 0 Å². The molecule has 0 spiro atoms. The van der Waals surface area contributed by atoms with E-state index in [0.29, 0.717) is 22.3 Å². The van der Waals surface area contributed by atoms with Gasteiger partial charge in [0, 0.05) is 34.4 Å². The van der Waals surface area contributed by atoms with Gasteiger partial charge in [0.1, 0.15) is 0 Å². The summed E-state index contributed by atoms with van der Waals surface area (Å²) < 4.78 is 0. The summed E-state index contributed by atoms with van der Waals surface area (Å²) >= 11 is 11.9. The van der Waals surface area contributed by atoms with Crippen molar-refractivity contribution >= 4 is 46.4 Å². The van der Waals surface area contributed by atoms with Gasteiger partial charge in [-0.05, 0) is 36.8 Å². The molecule has 2 aromatic rings. The SMILES string of the molecule is Cc1ccccc1N1C[C@H](C(=O)Nc2cc(Cl)cc(Cl)c2)CC1=O. The quantitative estimate of drug-likeness (QED) is 0.884. The van der Waals surface area contributed by atoms with Crippen LogP contribution in [0.15, 0.2) is 42.5 Å². The zero-order valence-corrected chi connectivity index (χ0v) is 14.6. The molecule has 0 aliphatic carbocycles. The number of anilines is 2. The van der Waals surface area contributed by atoms with Crippen molar-refractivity contribution in [3.8, 4) is 0 Å². The molecule has 0 saturated carbocycles. The van der Waals surface area contributed by atoms with Gasteiger partial charge >= 0.3 is 0 Å². The van der Waals surface area contributed by atoms with E-state index in [9.17, 15) is 9.59 Å². The summed E-state index contributed by atoms with van der Waals surface area (Å²) in [6, 6.07) is 12.5. The number of hydrogen-bond acceptors (Lipinski definition) is 2. The van der Waals surface area contributed by atoms with E-state index in [1.54, 1.807) is 23.1 Å². The Hall–Kier alpha value is -2.04. The van der Waals surface area contributed by atoms with Gasteiger partial charge in [0.15, 0.2) is 0 Å². The number of halogens is 2. The first kappa shape index (κ1) is 16.8. The molecule has 24 heavy (non-hydrogen) atoms. The van der Waals surface area contributed by atoms with E-state index in [-0.39, 0.29) is 18.2 Å². The Kier molecular flexibility index (Phi) is 4.78. The van der Waals surface area contributed by atoms with Crippen LogP contribution in [0.3, 0.4) is 0 Å². The highest BCUT2D eigenvalue weighted by Crippen LogP contribution is 2.29. The van der Waals surface area contributed by atoms with Crippen LogP contribution in [-0.4, -0.2) is 18.4 Å². The molecule has 0 radical (unpaired) electrons. The van der Waals surface area contributed by atoms with Crippen molar-refractivity contribution in [2.45, 2.75) is 13.3 Å². The monoisotopic (exact) mass is 362 g/mol. The summed E-state index contributed by atoms with van der Waals surface area (Å²) in [6.45, 7) is 2.31. The van der Waals surface area contributed by atoms with Gasteiger partial charge in [-0.1, -0.05) is 41.4 Å². The number of nitrogens with zero attached hydrogens (tertiary/aromatic N) is 1. The van der Waals surface area contributed by atoms with Crippen LogP contribution >= 0.6 is 23.2 Å². The third-order valence-corrected chi connectivity index (χ3v) is 4.47. The molecule has 1 heterocycles. The van der Waals surface area contributed by atoms with Gasteiger partial charge < -0.3 is 10.2 Å². The summed E-state index contributed by atoms with van der Waals surface area (Å²) in [4.78, 5) is 26.4. The minimum absolute atomic E-state index is 0.0476. The Morgan fingerprint density at radius 3 is 2.50 bits per heavy atom. The van der Waals surface area contributed by atoms with E-state index in [2.05, 4.69) is 5.32 Å². The largest absolute Gasteiger partial charge is 0.326 e. The maximum Gasteiger partial charge on any atom is 0.229 e. The highest BCUT2D eigenvalue weighted by Gasteiger charge is 2.35. The second-order valence-electron chi connectivity index (χ2n) is 5.84. The second-order valence-corrected chi connectivity index (χ2v) is 6.71. The number of rotatable bonds is 3. The number of carbonyl (C=O) groups excluding carboxylic acids is 2. The van der Waals surface area contributed by atoms with E-state index in [1.807, 2.05) is 31.2 Å². The lowest BCUT2D eigenvalue weighted by Crippen LogP contribution is -2.28. The van der Waals surface area contributed by atoms with Crippen molar-refractivity contribution in [1.82, 2.24) is 0 Å². The summed E-state index contributed by atoms with van der Waals surface area (Å²) in [5.41, 5.74) is 2.39. The zero-order chi connectivity index (χ0) is 17.3. The number of hydrogen-bond donors (Lipinski definition) is 1. The van der Waals surface area contributed by atoms with Crippen molar-refractivity contribution in [3.05, 3.63) is 58.1 Å². The predicted octanol–water partition coefficient (Wildman–Crippen LogP) is 4.29. The minimum atomic E-state index is -0.408. The van der Waals surface area contributed by atoms with Crippen molar-refractivity contribution in [2.75, 3.05) is 16.8 Å². The van der Waals surface area contributed by atoms with Gasteiger partial charge in [-0.3, -0.25) is 9.59 Å². The van der Waals surface area contributed by atoms with Gasteiger partial charge in [0.2, 0.25) is 11.8 Å². The van der Waals surface area contributed by atoms with Crippen LogP contribution in [0.5, 0.6) is 0 Å². The molecule has 1 aliphatic rings. The van der Waals surface area contributed by atoms with Crippen LogP contribution in [-0.2, 0) is 9.59 Å². The number of para-hydroxylation sites is 1. The predicted molar refractivity (Wildman–Crippen MR) is 96.7 cm³/mol. The van der Waals surface area contributed by atoms with E-state index < -0.39 is 5.92 Å². The van der Waals surface area contributed by atoms with Gasteiger partial charge in [-0.25, -0.2) is 0 Å². The van der Waals surface area contributed by atoms with Gasteiger partial charge in [-0.15, -0.1) is 0 Å². The molecule has 1 atom stereocenters. The molecule has 0 bridgehead atoms. The Morgan fingerprint density at radius 2 is 1.83 bits per heavy atom. The van der Waals surface area contributed by atoms with Crippen LogP contribution in [0.2, 0.25) is 10.0 Å². The topological polar surface area (TPSA) is 49.4 Å². The lowest BCUT2D eigenvalue weighted by Gasteiger charge is -2.19. The number of amides is 2. The Balaban J connectivity index is 1.73. The third-order valence-electron chi connectivity index (χ3n) is 4.03. The maximum absolute atomic E-state index is 12.5. The molecular formula is C18H16Cl2N2O2. The standard InChI is InChI=1S/C18H16Cl2N2O2/c1-11-4-2-3-5-16(11)22-10-12(6-17(22)23)18(24)21-15-8-13(19)7-14(20)9-15/h2-5,7-9,12H,6,10H2,1H3,(H,21,24)/t12-/m1/s1. The molecule has 0 aromatic heterocycles. The first-order valence-corrected chi connectivity index (χ1v) is 8.32. The smallest absolute Gasteiger partial charge is 0.229 e. The van der Waals surface area contributed by atoms with Crippen LogP contribution in [0.1, 0.15) is 12.0 Å². The Morgan fingerprint density at radius 1 is 1.17 bits per heavy atom. The van der Waals surface area contributed by atoms with E-state index in [0.717, 1.165) is 11.3 Å². The average molecular weight is 363 g/mol. The first-order chi connectivity index (χ1) is 11.4. The molecule has 4 nitrogen and oxygen atoms in total. The lowest BCUT2D eigenvalue weighted by atomic mass is 10.1. The van der Waals surface area contributed by atoms with E-state index in [4.69, 9.17) is 23.2 Å². The molecule has 2 amide bonds. The second kappa shape index (κ2) is 6.83. The fourth-order valence-electron chi connectivity index (χ4n) is 2.85. The third kappa shape index (κ3) is 3.55. The lowest BCUT2D eigenvalue weighted by molar-refractivity contribution is -0.122. The number of carbonyl (C=O) groups is 2. The van der Waals surface area contributed by atoms with Crippen LogP contribution in [0, 0.1) is 12.8 Å². The molecule has 0 unspecified atom stereocenters. The Labute approximate surface area is 150 Å². The van der Waals surface area contributed by atoms with Crippen LogP contribution < -0.4 is 10.2 Å². The average Bonchev–Trinajstić information content (AvgIpc) is 2.88. The molecular weight excluding hydrogens is 347 g/mol. The van der Waals surface area contributed by atoms with Crippen molar-refractivity contribution < 1.29 is 9.59 Å². The first-order valence-electron chi connectivity index (χ1n) is 7.57. The number of benzene rings is 2. The Bertz CT molecular complexity index is 787. The zero-order valence-electron chi connectivity index (χ0n) is 13.1. The summed E-state index contributed by atoms with van der Waals surface area (Å²) in [6.07, 6.45) is 0.189. The molecule has 1 N–H and O–H groups in total. The molecule has 1 aliphatic heterocycles. The minimum Gasteiger partial charge on any atom is -0.326 e. The molecule has 2 aromatic carbocycles. The van der Waals surface area contributed by atoms with E-state index >= 15 is 0 Å². The molecule has 1 fully saturated rings. The van der Waals surface area contributed by atoms with Gasteiger partial charge in [-0.2, -0.15) is 0 Å². The van der Waals surface area contributed by atoms with Crippen LogP contribution in [0.4, 0.5) is 11.4 Å². The van der Waals surface area contributed by atoms with Crippen molar-refractivity contribution in [3.63, 3.8) is 0 Å². The summed E-state index contributed by atoms with van der Waals surface area (Å²) in [5, 5.41) is 3.68. The maximum atomic E-state index is 12.5. The normalized spacial score (nSPS) is 17.2. The van der Waals surface area contributed by atoms with E-state index in [1.165, 1.54) is 0 Å². The molecule has 6 heteroatoms. The van der Waals surface area contributed by atoms with Gasteiger partial charge in [0.05, 0.1) is 5.92 Å². The van der Waals surface area contributed by atoms with Crippen molar-refractivity contribution in [1.29, 1.82) is 0 Å². The summed E-state index contributed by atoms with van der Waals surface area (Å²) in [5.74, 6) is -0.666.